The molecule has 82 valence electrons. The lowest BCUT2D eigenvalue weighted by Crippen LogP contribution is -2.23. The van der Waals surface area contributed by atoms with Gasteiger partial charge >= 0.3 is 0 Å². The quantitative estimate of drug-likeness (QED) is 0.791. The van der Waals surface area contributed by atoms with Crippen LogP contribution in [0.3, 0.4) is 0 Å². The highest BCUT2D eigenvalue weighted by Crippen LogP contribution is 2.22. The SMILES string of the molecule is CO[C@H]1CCN(c2cc(C)c(N)cn2)C1. The summed E-state index contributed by atoms with van der Waals surface area (Å²) >= 11 is 0. The van der Waals surface area contributed by atoms with E-state index in [0.717, 1.165) is 36.6 Å². The summed E-state index contributed by atoms with van der Waals surface area (Å²) in [6.07, 6.45) is 3.14. The highest BCUT2D eigenvalue weighted by Gasteiger charge is 2.23. The van der Waals surface area contributed by atoms with Crippen LogP contribution in [0.25, 0.3) is 0 Å². The van der Waals surface area contributed by atoms with E-state index in [4.69, 9.17) is 10.5 Å². The first-order valence-electron chi connectivity index (χ1n) is 5.20. The maximum absolute atomic E-state index is 5.74. The van der Waals surface area contributed by atoms with E-state index in [1.807, 2.05) is 13.0 Å². The van der Waals surface area contributed by atoms with Gasteiger partial charge in [-0.3, -0.25) is 0 Å². The molecule has 2 N–H and O–H groups in total. The van der Waals surface area contributed by atoms with Crippen LogP contribution in [0.1, 0.15) is 12.0 Å². The number of rotatable bonds is 2. The average molecular weight is 207 g/mol. The number of aromatic nitrogens is 1. The lowest BCUT2D eigenvalue weighted by atomic mass is 10.2. The predicted molar refractivity (Wildman–Crippen MR) is 61.0 cm³/mol. The van der Waals surface area contributed by atoms with Crippen LogP contribution in [0, 0.1) is 6.92 Å². The molecule has 1 aliphatic heterocycles. The normalized spacial score (nSPS) is 20.9. The zero-order chi connectivity index (χ0) is 10.8. The molecule has 1 aromatic heterocycles. The maximum Gasteiger partial charge on any atom is 0.128 e. The topological polar surface area (TPSA) is 51.4 Å². The van der Waals surface area contributed by atoms with Gasteiger partial charge in [0.1, 0.15) is 5.82 Å². The molecule has 0 saturated carbocycles. The second-order valence-electron chi connectivity index (χ2n) is 3.99. The summed E-state index contributed by atoms with van der Waals surface area (Å²) in [4.78, 5) is 6.57. The zero-order valence-corrected chi connectivity index (χ0v) is 9.23. The second-order valence-corrected chi connectivity index (χ2v) is 3.99. The molecule has 0 aliphatic carbocycles. The van der Waals surface area contributed by atoms with Crippen molar-refractivity contribution in [3.8, 4) is 0 Å². The standard InChI is InChI=1S/C11H17N3O/c1-8-5-11(13-6-10(8)12)14-4-3-9(7-14)15-2/h5-6,9H,3-4,7,12H2,1-2H3/t9-/m0/s1. The minimum Gasteiger partial charge on any atom is -0.397 e. The van der Waals surface area contributed by atoms with Crippen molar-refractivity contribution in [2.75, 3.05) is 30.8 Å². The number of aryl methyl sites for hydroxylation is 1. The maximum atomic E-state index is 5.74. The number of nitrogens with zero attached hydrogens (tertiary/aromatic N) is 2. The van der Waals surface area contributed by atoms with Crippen LogP contribution >= 0.6 is 0 Å². The number of nitrogens with two attached hydrogens (primary N) is 1. The van der Waals surface area contributed by atoms with Gasteiger partial charge in [0.05, 0.1) is 18.0 Å². The molecule has 0 spiro atoms. The van der Waals surface area contributed by atoms with Crippen molar-refractivity contribution < 1.29 is 4.74 Å². The van der Waals surface area contributed by atoms with Gasteiger partial charge in [0.25, 0.3) is 0 Å². The first-order valence-corrected chi connectivity index (χ1v) is 5.20. The van der Waals surface area contributed by atoms with E-state index in [1.54, 1.807) is 13.3 Å². The van der Waals surface area contributed by atoms with Crippen LogP contribution in [-0.4, -0.2) is 31.3 Å². The number of anilines is 2. The Balaban J connectivity index is 2.13. The molecule has 4 nitrogen and oxygen atoms in total. The molecule has 1 saturated heterocycles. The van der Waals surface area contributed by atoms with Gasteiger partial charge in [-0.1, -0.05) is 0 Å². The minimum atomic E-state index is 0.338. The van der Waals surface area contributed by atoms with Gasteiger partial charge in [-0.05, 0) is 25.0 Å². The summed E-state index contributed by atoms with van der Waals surface area (Å²) in [6.45, 7) is 3.94. The van der Waals surface area contributed by atoms with Crippen molar-refractivity contribution in [3.05, 3.63) is 17.8 Å². The van der Waals surface area contributed by atoms with Crippen LogP contribution in [0.15, 0.2) is 12.3 Å². The molecule has 0 unspecified atom stereocenters. The average Bonchev–Trinajstić information content (AvgIpc) is 2.70. The Hall–Kier alpha value is -1.29. The van der Waals surface area contributed by atoms with Crippen LogP contribution in [0.5, 0.6) is 0 Å². The van der Waals surface area contributed by atoms with E-state index in [-0.39, 0.29) is 0 Å². The van der Waals surface area contributed by atoms with Crippen molar-refractivity contribution in [2.45, 2.75) is 19.4 Å². The monoisotopic (exact) mass is 207 g/mol. The Morgan fingerprint density at radius 3 is 3.00 bits per heavy atom. The number of hydrogen-bond acceptors (Lipinski definition) is 4. The summed E-state index contributed by atoms with van der Waals surface area (Å²) in [7, 11) is 1.76. The summed E-state index contributed by atoms with van der Waals surface area (Å²) in [5.41, 5.74) is 7.57. The molecule has 0 amide bonds. The van der Waals surface area contributed by atoms with Crippen LogP contribution in [0.2, 0.25) is 0 Å². The number of methoxy groups -OCH3 is 1. The van der Waals surface area contributed by atoms with Gasteiger partial charge in [-0.2, -0.15) is 0 Å². The van der Waals surface area contributed by atoms with Gasteiger partial charge < -0.3 is 15.4 Å². The first kappa shape index (κ1) is 10.2. The summed E-state index contributed by atoms with van der Waals surface area (Å²) < 4.78 is 5.32. The molecule has 1 fully saturated rings. The Morgan fingerprint density at radius 2 is 2.40 bits per heavy atom. The van der Waals surface area contributed by atoms with Gasteiger partial charge in [-0.25, -0.2) is 4.98 Å². The van der Waals surface area contributed by atoms with E-state index in [0.29, 0.717) is 6.10 Å². The Labute approximate surface area is 90.0 Å². The molecular formula is C11H17N3O. The Kier molecular flexibility index (Phi) is 2.77. The van der Waals surface area contributed by atoms with Crippen LogP contribution in [0.4, 0.5) is 11.5 Å². The van der Waals surface area contributed by atoms with E-state index < -0.39 is 0 Å². The highest BCUT2D eigenvalue weighted by molar-refractivity contribution is 5.52. The molecule has 1 aromatic rings. The van der Waals surface area contributed by atoms with Gasteiger partial charge in [-0.15, -0.1) is 0 Å². The molecule has 1 atom stereocenters. The van der Waals surface area contributed by atoms with Gasteiger partial charge in [0, 0.05) is 20.2 Å². The molecule has 0 radical (unpaired) electrons. The molecule has 2 heterocycles. The largest absolute Gasteiger partial charge is 0.397 e. The van der Waals surface area contributed by atoms with Crippen LogP contribution in [-0.2, 0) is 4.74 Å². The van der Waals surface area contributed by atoms with Crippen LogP contribution < -0.4 is 10.6 Å². The van der Waals surface area contributed by atoms with E-state index in [1.165, 1.54) is 0 Å². The van der Waals surface area contributed by atoms with Gasteiger partial charge in [0.2, 0.25) is 0 Å². The van der Waals surface area contributed by atoms with Crippen molar-refractivity contribution in [1.29, 1.82) is 0 Å². The highest BCUT2D eigenvalue weighted by atomic mass is 16.5. The number of ether oxygens (including phenoxy) is 1. The Bertz CT molecular complexity index is 354. The van der Waals surface area contributed by atoms with E-state index in [9.17, 15) is 0 Å². The molecule has 1 aliphatic rings. The fourth-order valence-electron chi connectivity index (χ4n) is 1.85. The third-order valence-corrected chi connectivity index (χ3v) is 2.94. The molecule has 4 heteroatoms. The molecule has 2 rings (SSSR count). The van der Waals surface area contributed by atoms with Gasteiger partial charge in [0.15, 0.2) is 0 Å². The smallest absolute Gasteiger partial charge is 0.128 e. The number of pyridine rings is 1. The lowest BCUT2D eigenvalue weighted by Gasteiger charge is -2.17. The summed E-state index contributed by atoms with van der Waals surface area (Å²) in [5, 5.41) is 0. The van der Waals surface area contributed by atoms with E-state index >= 15 is 0 Å². The summed E-state index contributed by atoms with van der Waals surface area (Å²) in [6, 6.07) is 2.04. The molecule has 0 bridgehead atoms. The van der Waals surface area contributed by atoms with Crippen molar-refractivity contribution >= 4 is 11.5 Å². The lowest BCUT2D eigenvalue weighted by molar-refractivity contribution is 0.121. The third kappa shape index (κ3) is 2.04. The second kappa shape index (κ2) is 4.06. The fraction of sp³-hybridized carbons (Fsp3) is 0.545. The molecule has 0 aromatic carbocycles. The van der Waals surface area contributed by atoms with Crippen molar-refractivity contribution in [3.63, 3.8) is 0 Å². The number of hydrogen-bond donors (Lipinski definition) is 1. The predicted octanol–water partition coefficient (Wildman–Crippen LogP) is 1.20. The first-order chi connectivity index (χ1) is 7.20. The summed E-state index contributed by atoms with van der Waals surface area (Å²) in [5.74, 6) is 1.00. The fourth-order valence-corrected chi connectivity index (χ4v) is 1.85. The minimum absolute atomic E-state index is 0.338. The van der Waals surface area contributed by atoms with Crippen molar-refractivity contribution in [2.24, 2.45) is 0 Å². The molecule has 15 heavy (non-hydrogen) atoms. The molecular weight excluding hydrogens is 190 g/mol. The van der Waals surface area contributed by atoms with E-state index in [2.05, 4.69) is 9.88 Å². The zero-order valence-electron chi connectivity index (χ0n) is 9.23. The Morgan fingerprint density at radius 1 is 1.60 bits per heavy atom. The third-order valence-electron chi connectivity index (χ3n) is 2.94. The van der Waals surface area contributed by atoms with Crippen molar-refractivity contribution in [1.82, 2.24) is 4.98 Å². The number of nitrogen functional groups attached to an aromatic ring is 1.